The van der Waals surface area contributed by atoms with Gasteiger partial charge < -0.3 is 14.4 Å². The number of hydrogen-bond donors (Lipinski definition) is 0. The second-order valence-electron chi connectivity index (χ2n) is 5.79. The minimum Gasteiger partial charge on any atom is -0.359 e. The molecule has 0 bridgehead atoms. The third kappa shape index (κ3) is 4.23. The Labute approximate surface area is 155 Å². The summed E-state index contributed by atoms with van der Waals surface area (Å²) in [5.74, 6) is 0.799. The van der Waals surface area contributed by atoms with Crippen molar-refractivity contribution in [2.24, 2.45) is 0 Å². The summed E-state index contributed by atoms with van der Waals surface area (Å²) in [6.45, 7) is 0.897. The van der Waals surface area contributed by atoms with E-state index in [1.807, 2.05) is 35.2 Å². The van der Waals surface area contributed by atoms with Crippen molar-refractivity contribution < 1.29 is 13.9 Å². The molecule has 4 nitrogen and oxygen atoms in total. The highest BCUT2D eigenvalue weighted by Crippen LogP contribution is 2.25. The van der Waals surface area contributed by atoms with Crippen LogP contribution in [0, 0.1) is 3.57 Å². The van der Waals surface area contributed by atoms with Crippen molar-refractivity contribution in [2.45, 2.75) is 18.7 Å². The van der Waals surface area contributed by atoms with E-state index in [1.54, 1.807) is 0 Å². The molecule has 1 aromatic heterocycles. The first-order valence-corrected chi connectivity index (χ1v) is 8.94. The third-order valence-electron chi connectivity index (χ3n) is 4.04. The average molecular weight is 442 g/mol. The molecule has 2 unspecified atom stereocenters. The standard InChI is InChI=1S/C18H20FIN2O2/c1-23-12-24-17-11-22(10-14(17)19)18-8-7-15(20)16(21-18)9-13-5-3-2-4-6-13/h2-8,14,17H,9-12H2,1H3. The summed E-state index contributed by atoms with van der Waals surface area (Å²) in [6.07, 6.45) is -0.730. The van der Waals surface area contributed by atoms with Crippen LogP contribution in [0.15, 0.2) is 42.5 Å². The highest BCUT2D eigenvalue weighted by Gasteiger charge is 2.34. The van der Waals surface area contributed by atoms with Crippen molar-refractivity contribution in [2.75, 3.05) is 31.9 Å². The summed E-state index contributed by atoms with van der Waals surface area (Å²) >= 11 is 2.30. The van der Waals surface area contributed by atoms with Crippen molar-refractivity contribution >= 4 is 28.4 Å². The molecule has 1 aliphatic rings. The summed E-state index contributed by atoms with van der Waals surface area (Å²) in [5.41, 5.74) is 2.22. The lowest BCUT2D eigenvalue weighted by Gasteiger charge is -2.18. The van der Waals surface area contributed by atoms with Crippen LogP contribution >= 0.6 is 22.6 Å². The average Bonchev–Trinajstić information content (AvgIpc) is 2.97. The Morgan fingerprint density at radius 2 is 2.00 bits per heavy atom. The Bertz CT molecular complexity index is 671. The van der Waals surface area contributed by atoms with E-state index in [2.05, 4.69) is 34.7 Å². The number of aromatic nitrogens is 1. The maximum atomic E-state index is 14.1. The van der Waals surface area contributed by atoms with E-state index in [0.29, 0.717) is 13.1 Å². The zero-order chi connectivity index (χ0) is 16.9. The summed E-state index contributed by atoms with van der Waals surface area (Å²) in [6, 6.07) is 14.2. The number of nitrogens with zero attached hydrogens (tertiary/aromatic N) is 2. The van der Waals surface area contributed by atoms with Gasteiger partial charge in [0.05, 0.1) is 12.2 Å². The Morgan fingerprint density at radius 1 is 1.21 bits per heavy atom. The van der Waals surface area contributed by atoms with Gasteiger partial charge in [-0.25, -0.2) is 9.37 Å². The lowest BCUT2D eigenvalue weighted by atomic mass is 10.1. The van der Waals surface area contributed by atoms with Crippen LogP contribution in [0.3, 0.4) is 0 Å². The fourth-order valence-corrected chi connectivity index (χ4v) is 3.29. The van der Waals surface area contributed by atoms with E-state index in [4.69, 9.17) is 14.5 Å². The molecule has 0 radical (unpaired) electrons. The van der Waals surface area contributed by atoms with Crippen LogP contribution in [0.2, 0.25) is 0 Å². The molecule has 6 heteroatoms. The number of ether oxygens (including phenoxy) is 2. The van der Waals surface area contributed by atoms with Gasteiger partial charge in [-0.05, 0) is 40.3 Å². The molecule has 1 fully saturated rings. The highest BCUT2D eigenvalue weighted by molar-refractivity contribution is 14.1. The third-order valence-corrected chi connectivity index (χ3v) is 5.02. The number of halogens is 2. The predicted molar refractivity (Wildman–Crippen MR) is 100 cm³/mol. The van der Waals surface area contributed by atoms with E-state index in [9.17, 15) is 4.39 Å². The van der Waals surface area contributed by atoms with E-state index in [-0.39, 0.29) is 6.79 Å². The van der Waals surface area contributed by atoms with Crippen LogP contribution < -0.4 is 4.90 Å². The number of hydrogen-bond acceptors (Lipinski definition) is 4. The summed E-state index contributed by atoms with van der Waals surface area (Å²) in [5, 5.41) is 0. The molecule has 3 rings (SSSR count). The van der Waals surface area contributed by atoms with Crippen molar-refractivity contribution in [1.82, 2.24) is 4.98 Å². The van der Waals surface area contributed by atoms with Crippen molar-refractivity contribution in [3.05, 3.63) is 57.3 Å². The number of alkyl halides is 1. The molecule has 0 spiro atoms. The number of pyridine rings is 1. The van der Waals surface area contributed by atoms with Gasteiger partial charge in [0.15, 0.2) is 0 Å². The first kappa shape index (κ1) is 17.6. The number of methoxy groups -OCH3 is 1. The Hall–Kier alpha value is -1.25. The Kier molecular flexibility index (Phi) is 6.02. The Balaban J connectivity index is 1.74. The smallest absolute Gasteiger partial charge is 0.146 e. The van der Waals surface area contributed by atoms with Gasteiger partial charge in [-0.2, -0.15) is 0 Å². The van der Waals surface area contributed by atoms with Gasteiger partial charge in [0.25, 0.3) is 0 Å². The summed E-state index contributed by atoms with van der Waals surface area (Å²) in [7, 11) is 1.54. The SMILES string of the molecule is COCOC1CN(c2ccc(I)c(Cc3ccccc3)n2)CC1F. The molecule has 0 amide bonds. The lowest BCUT2D eigenvalue weighted by Crippen LogP contribution is -2.25. The van der Waals surface area contributed by atoms with Crippen LogP contribution in [0.25, 0.3) is 0 Å². The zero-order valence-corrected chi connectivity index (χ0v) is 15.6. The minimum atomic E-state index is -1.03. The maximum absolute atomic E-state index is 14.1. The number of benzene rings is 1. The van der Waals surface area contributed by atoms with Crippen molar-refractivity contribution in [3.63, 3.8) is 0 Å². The highest BCUT2D eigenvalue weighted by atomic mass is 127. The molecule has 1 saturated heterocycles. The van der Waals surface area contributed by atoms with Gasteiger partial charge in [-0.1, -0.05) is 30.3 Å². The molecule has 0 N–H and O–H groups in total. The van der Waals surface area contributed by atoms with Crippen molar-refractivity contribution in [3.8, 4) is 0 Å². The molecule has 1 aliphatic heterocycles. The quantitative estimate of drug-likeness (QED) is 0.508. The van der Waals surface area contributed by atoms with E-state index in [1.165, 1.54) is 12.7 Å². The molecule has 0 aliphatic carbocycles. The molecule has 2 atom stereocenters. The van der Waals surface area contributed by atoms with Gasteiger partial charge in [0, 0.05) is 23.6 Å². The molecular weight excluding hydrogens is 422 g/mol. The first-order chi connectivity index (χ1) is 11.7. The summed E-state index contributed by atoms with van der Waals surface area (Å²) in [4.78, 5) is 6.70. The molecule has 24 heavy (non-hydrogen) atoms. The molecule has 2 aromatic rings. The van der Waals surface area contributed by atoms with Crippen molar-refractivity contribution in [1.29, 1.82) is 0 Å². The van der Waals surface area contributed by atoms with Gasteiger partial charge in [0.1, 0.15) is 24.9 Å². The molecule has 1 aromatic carbocycles. The minimum absolute atomic E-state index is 0.109. The Morgan fingerprint density at radius 3 is 2.75 bits per heavy atom. The zero-order valence-electron chi connectivity index (χ0n) is 13.5. The van der Waals surface area contributed by atoms with Crippen LogP contribution in [-0.4, -0.2) is 44.3 Å². The second-order valence-corrected chi connectivity index (χ2v) is 6.96. The fourth-order valence-electron chi connectivity index (χ4n) is 2.80. The van der Waals surface area contributed by atoms with Crippen LogP contribution in [-0.2, 0) is 15.9 Å². The van der Waals surface area contributed by atoms with Gasteiger partial charge in [-0.15, -0.1) is 0 Å². The molecular formula is C18H20FIN2O2. The van der Waals surface area contributed by atoms with Crippen LogP contribution in [0.1, 0.15) is 11.3 Å². The van der Waals surface area contributed by atoms with Crippen LogP contribution in [0.4, 0.5) is 10.2 Å². The lowest BCUT2D eigenvalue weighted by molar-refractivity contribution is -0.0815. The molecule has 2 heterocycles. The van der Waals surface area contributed by atoms with Gasteiger partial charge in [0.2, 0.25) is 0 Å². The topological polar surface area (TPSA) is 34.6 Å². The fraction of sp³-hybridized carbons (Fsp3) is 0.389. The predicted octanol–water partition coefficient (Wildman–Crippen LogP) is 3.42. The molecule has 0 saturated carbocycles. The van der Waals surface area contributed by atoms with E-state index < -0.39 is 12.3 Å². The summed E-state index contributed by atoms with van der Waals surface area (Å²) < 4.78 is 25.5. The monoisotopic (exact) mass is 442 g/mol. The maximum Gasteiger partial charge on any atom is 0.146 e. The number of rotatable bonds is 6. The largest absolute Gasteiger partial charge is 0.359 e. The van der Waals surface area contributed by atoms with Gasteiger partial charge in [-0.3, -0.25) is 0 Å². The van der Waals surface area contributed by atoms with Gasteiger partial charge >= 0.3 is 0 Å². The number of anilines is 1. The second kappa shape index (κ2) is 8.22. The van der Waals surface area contributed by atoms with E-state index >= 15 is 0 Å². The normalized spacial score (nSPS) is 20.5. The first-order valence-electron chi connectivity index (χ1n) is 7.86. The molecule has 128 valence electrons. The van der Waals surface area contributed by atoms with E-state index in [0.717, 1.165) is 21.5 Å². The van der Waals surface area contributed by atoms with Crippen LogP contribution in [0.5, 0.6) is 0 Å².